The molecule has 2 rings (SSSR count). The van der Waals surface area contributed by atoms with Crippen molar-refractivity contribution in [1.29, 1.82) is 0 Å². The van der Waals surface area contributed by atoms with E-state index in [0.29, 0.717) is 6.61 Å². The van der Waals surface area contributed by atoms with Crippen LogP contribution >= 0.6 is 11.3 Å². The normalized spacial score (nSPS) is 16.7. The molecular formula is C14H21N3O3S. The summed E-state index contributed by atoms with van der Waals surface area (Å²) in [6.45, 7) is 7.06. The Morgan fingerprint density at radius 1 is 1.48 bits per heavy atom. The summed E-state index contributed by atoms with van der Waals surface area (Å²) in [6.07, 6.45) is 2.46. The fourth-order valence-corrected chi connectivity index (χ4v) is 3.05. The summed E-state index contributed by atoms with van der Waals surface area (Å²) in [6, 6.07) is 0.0587. The summed E-state index contributed by atoms with van der Waals surface area (Å²) in [4.78, 5) is 30.0. The van der Waals surface area contributed by atoms with Gasteiger partial charge in [-0.15, -0.1) is 11.3 Å². The molecule has 0 spiro atoms. The number of nitrogens with zero attached hydrogens (tertiary/aromatic N) is 2. The molecule has 1 aliphatic heterocycles. The predicted molar refractivity (Wildman–Crippen MR) is 80.7 cm³/mol. The van der Waals surface area contributed by atoms with E-state index in [4.69, 9.17) is 4.74 Å². The molecule has 0 saturated carbocycles. The smallest absolute Gasteiger partial charge is 0.367 e. The molecule has 1 saturated heterocycles. The Kier molecular flexibility index (Phi) is 5.69. The molecule has 1 amide bonds. The van der Waals surface area contributed by atoms with E-state index in [2.05, 4.69) is 15.2 Å². The van der Waals surface area contributed by atoms with E-state index in [9.17, 15) is 9.59 Å². The highest BCUT2D eigenvalue weighted by atomic mass is 32.1. The van der Waals surface area contributed by atoms with Crippen LogP contribution in [0.25, 0.3) is 0 Å². The van der Waals surface area contributed by atoms with Crippen LogP contribution < -0.4 is 5.32 Å². The molecule has 1 unspecified atom stereocenters. The van der Waals surface area contributed by atoms with Crippen molar-refractivity contribution in [1.82, 2.24) is 15.2 Å². The summed E-state index contributed by atoms with van der Waals surface area (Å²) < 4.78 is 4.86. The standard InChI is InChI=1S/C14H21N3O3S/c1-3-20-14(19)13-16-11(9-21-13)12(18)15-10(2)8-17-6-4-5-7-17/h9-10H,3-8H2,1-2H3,(H,15,18). The zero-order chi connectivity index (χ0) is 15.2. The van der Waals surface area contributed by atoms with E-state index in [-0.39, 0.29) is 22.7 Å². The average Bonchev–Trinajstić information content (AvgIpc) is 3.09. The highest BCUT2D eigenvalue weighted by molar-refractivity contribution is 7.11. The predicted octanol–water partition coefficient (Wildman–Crippen LogP) is 1.53. The zero-order valence-corrected chi connectivity index (χ0v) is 13.2. The summed E-state index contributed by atoms with van der Waals surface area (Å²) in [5, 5.41) is 4.72. The van der Waals surface area contributed by atoms with Gasteiger partial charge in [-0.25, -0.2) is 9.78 Å². The highest BCUT2D eigenvalue weighted by Gasteiger charge is 2.19. The summed E-state index contributed by atoms with van der Waals surface area (Å²) in [5.41, 5.74) is 0.274. The van der Waals surface area contributed by atoms with Crippen LogP contribution in [0.2, 0.25) is 0 Å². The first-order chi connectivity index (χ1) is 10.1. The van der Waals surface area contributed by atoms with Crippen molar-refractivity contribution in [3.05, 3.63) is 16.1 Å². The molecule has 1 aromatic heterocycles. The molecule has 1 fully saturated rings. The number of carbonyl (C=O) groups excluding carboxylic acids is 2. The maximum atomic E-state index is 12.1. The number of amides is 1. The third-order valence-corrected chi connectivity index (χ3v) is 4.12. The first kappa shape index (κ1) is 15.9. The number of likely N-dealkylation sites (tertiary alicyclic amines) is 1. The Balaban J connectivity index is 1.86. The van der Waals surface area contributed by atoms with Crippen LogP contribution in [0, 0.1) is 0 Å². The Morgan fingerprint density at radius 2 is 2.19 bits per heavy atom. The molecule has 1 aliphatic rings. The maximum Gasteiger partial charge on any atom is 0.367 e. The average molecular weight is 311 g/mol. The molecule has 1 N–H and O–H groups in total. The van der Waals surface area contributed by atoms with Gasteiger partial charge >= 0.3 is 5.97 Å². The number of carbonyl (C=O) groups is 2. The second kappa shape index (κ2) is 7.51. The third-order valence-electron chi connectivity index (χ3n) is 3.30. The third kappa shape index (κ3) is 4.50. The summed E-state index contributed by atoms with van der Waals surface area (Å²) in [7, 11) is 0. The largest absolute Gasteiger partial charge is 0.461 e. The van der Waals surface area contributed by atoms with Crippen molar-refractivity contribution < 1.29 is 14.3 Å². The molecule has 0 aliphatic carbocycles. The number of nitrogens with one attached hydrogen (secondary N) is 1. The van der Waals surface area contributed by atoms with Gasteiger partial charge in [0.25, 0.3) is 5.91 Å². The zero-order valence-electron chi connectivity index (χ0n) is 12.4. The lowest BCUT2D eigenvalue weighted by molar-refractivity contribution is 0.0526. The highest BCUT2D eigenvalue weighted by Crippen LogP contribution is 2.12. The van der Waals surface area contributed by atoms with Crippen LogP contribution in [0.3, 0.4) is 0 Å². The van der Waals surface area contributed by atoms with Gasteiger partial charge < -0.3 is 15.0 Å². The second-order valence-corrected chi connectivity index (χ2v) is 6.00. The Bertz CT molecular complexity index is 497. The van der Waals surface area contributed by atoms with Crippen molar-refractivity contribution in [2.75, 3.05) is 26.2 Å². The quantitative estimate of drug-likeness (QED) is 0.807. The molecule has 6 nitrogen and oxygen atoms in total. The van der Waals surface area contributed by atoms with Gasteiger partial charge in [-0.3, -0.25) is 4.79 Å². The van der Waals surface area contributed by atoms with E-state index in [1.165, 1.54) is 12.8 Å². The van der Waals surface area contributed by atoms with Crippen molar-refractivity contribution in [2.45, 2.75) is 32.7 Å². The van der Waals surface area contributed by atoms with E-state index in [1.54, 1.807) is 12.3 Å². The number of thiazole rings is 1. The summed E-state index contributed by atoms with van der Waals surface area (Å²) >= 11 is 1.13. The molecular weight excluding hydrogens is 290 g/mol. The van der Waals surface area contributed by atoms with Crippen LogP contribution in [0.4, 0.5) is 0 Å². The number of ether oxygens (including phenoxy) is 1. The SMILES string of the molecule is CCOC(=O)c1nc(C(=O)NC(C)CN2CCCC2)cs1. The molecule has 1 aromatic rings. The van der Waals surface area contributed by atoms with Crippen LogP contribution in [0.1, 0.15) is 47.0 Å². The van der Waals surface area contributed by atoms with E-state index in [0.717, 1.165) is 31.0 Å². The number of rotatable bonds is 6. The van der Waals surface area contributed by atoms with Crippen LogP contribution in [0.5, 0.6) is 0 Å². The number of aromatic nitrogens is 1. The van der Waals surface area contributed by atoms with Crippen molar-refractivity contribution >= 4 is 23.2 Å². The molecule has 116 valence electrons. The minimum Gasteiger partial charge on any atom is -0.461 e. The Labute approximate surface area is 128 Å². The number of hydrogen-bond acceptors (Lipinski definition) is 6. The van der Waals surface area contributed by atoms with Gasteiger partial charge in [0.1, 0.15) is 5.69 Å². The van der Waals surface area contributed by atoms with Crippen molar-refractivity contribution in [3.63, 3.8) is 0 Å². The Morgan fingerprint density at radius 3 is 2.86 bits per heavy atom. The number of hydrogen-bond donors (Lipinski definition) is 1. The van der Waals surface area contributed by atoms with Crippen LogP contribution in [-0.4, -0.2) is 54.0 Å². The van der Waals surface area contributed by atoms with Gasteiger partial charge in [-0.1, -0.05) is 0 Å². The fourth-order valence-electron chi connectivity index (χ4n) is 2.36. The van der Waals surface area contributed by atoms with Crippen molar-refractivity contribution in [2.24, 2.45) is 0 Å². The lowest BCUT2D eigenvalue weighted by Crippen LogP contribution is -2.41. The summed E-state index contributed by atoms with van der Waals surface area (Å²) in [5.74, 6) is -0.722. The van der Waals surface area contributed by atoms with E-state index in [1.807, 2.05) is 6.92 Å². The van der Waals surface area contributed by atoms with Crippen LogP contribution in [-0.2, 0) is 4.74 Å². The van der Waals surface area contributed by atoms with Gasteiger partial charge in [-0.05, 0) is 39.8 Å². The molecule has 7 heteroatoms. The Hall–Kier alpha value is -1.47. The lowest BCUT2D eigenvalue weighted by Gasteiger charge is -2.20. The number of esters is 1. The molecule has 0 radical (unpaired) electrons. The first-order valence-electron chi connectivity index (χ1n) is 7.26. The molecule has 2 heterocycles. The van der Waals surface area contributed by atoms with Crippen LogP contribution in [0.15, 0.2) is 5.38 Å². The second-order valence-electron chi connectivity index (χ2n) is 5.14. The minimum absolute atomic E-state index is 0.0587. The van der Waals surface area contributed by atoms with Crippen molar-refractivity contribution in [3.8, 4) is 0 Å². The van der Waals surface area contributed by atoms with Gasteiger partial charge in [0.15, 0.2) is 0 Å². The van der Waals surface area contributed by atoms with Gasteiger partial charge in [-0.2, -0.15) is 0 Å². The van der Waals surface area contributed by atoms with Gasteiger partial charge in [0, 0.05) is 18.0 Å². The molecule has 0 aromatic carbocycles. The maximum absolute atomic E-state index is 12.1. The lowest BCUT2D eigenvalue weighted by atomic mass is 10.3. The first-order valence-corrected chi connectivity index (χ1v) is 8.14. The molecule has 1 atom stereocenters. The minimum atomic E-state index is -0.480. The monoisotopic (exact) mass is 311 g/mol. The fraction of sp³-hybridized carbons (Fsp3) is 0.643. The topological polar surface area (TPSA) is 71.5 Å². The van der Waals surface area contributed by atoms with E-state index >= 15 is 0 Å². The van der Waals surface area contributed by atoms with Gasteiger partial charge in [0.2, 0.25) is 5.01 Å². The van der Waals surface area contributed by atoms with Gasteiger partial charge in [0.05, 0.1) is 6.61 Å². The molecule has 21 heavy (non-hydrogen) atoms. The van der Waals surface area contributed by atoms with E-state index < -0.39 is 5.97 Å². The molecule has 0 bridgehead atoms.